The van der Waals surface area contributed by atoms with E-state index in [0.717, 1.165) is 16.7 Å². The van der Waals surface area contributed by atoms with Gasteiger partial charge in [0.15, 0.2) is 5.78 Å². The summed E-state index contributed by atoms with van der Waals surface area (Å²) in [7, 11) is 0. The molecule has 3 heteroatoms. The molecule has 0 aliphatic heterocycles. The third kappa shape index (κ3) is 5.65. The van der Waals surface area contributed by atoms with Crippen LogP contribution in [-0.4, -0.2) is 16.6 Å². The van der Waals surface area contributed by atoms with Crippen LogP contribution in [0.4, 0.5) is 0 Å². The van der Waals surface area contributed by atoms with Gasteiger partial charge in [-0.15, -0.1) is 0 Å². The molecule has 0 aliphatic rings. The van der Waals surface area contributed by atoms with Crippen LogP contribution in [0.3, 0.4) is 0 Å². The van der Waals surface area contributed by atoms with E-state index in [1.54, 1.807) is 0 Å². The molecule has 28 heavy (non-hydrogen) atoms. The minimum Gasteiger partial charge on any atom is -0.334 e. The Hall–Kier alpha value is -3.20. The first-order chi connectivity index (χ1) is 13.6. The fraction of sp³-hybridized carbons (Fsp3) is 0.200. The number of carbonyl (C=O) groups is 2. The Morgan fingerprint density at radius 3 is 1.68 bits per heavy atom. The van der Waals surface area contributed by atoms with Crippen LogP contribution >= 0.6 is 0 Å². The van der Waals surface area contributed by atoms with E-state index >= 15 is 0 Å². The summed E-state index contributed by atoms with van der Waals surface area (Å²) in [6.45, 7) is 3.06. The maximum atomic E-state index is 12.9. The van der Waals surface area contributed by atoms with Crippen LogP contribution in [0.2, 0.25) is 0 Å². The van der Waals surface area contributed by atoms with Crippen LogP contribution in [0.25, 0.3) is 0 Å². The van der Waals surface area contributed by atoms with E-state index in [1.165, 1.54) is 0 Å². The molecule has 0 heterocycles. The van der Waals surface area contributed by atoms with Crippen molar-refractivity contribution in [2.24, 2.45) is 0 Å². The highest BCUT2D eigenvalue weighted by Crippen LogP contribution is 2.14. The fourth-order valence-electron chi connectivity index (χ4n) is 3.10. The van der Waals surface area contributed by atoms with Crippen molar-refractivity contribution in [1.29, 1.82) is 0 Å². The van der Waals surface area contributed by atoms with Gasteiger partial charge in [0, 0.05) is 31.5 Å². The van der Waals surface area contributed by atoms with E-state index in [4.69, 9.17) is 0 Å². The molecule has 0 aromatic heterocycles. The van der Waals surface area contributed by atoms with Crippen LogP contribution in [0, 0.1) is 6.92 Å². The first-order valence-electron chi connectivity index (χ1n) is 9.57. The van der Waals surface area contributed by atoms with Gasteiger partial charge >= 0.3 is 0 Å². The number of hydrogen-bond acceptors (Lipinski definition) is 2. The largest absolute Gasteiger partial charge is 0.334 e. The van der Waals surface area contributed by atoms with Crippen LogP contribution in [0.15, 0.2) is 84.9 Å². The maximum Gasteiger partial charge on any atom is 0.223 e. The molecule has 0 unspecified atom stereocenters. The minimum atomic E-state index is -0.00633. The highest BCUT2D eigenvalue weighted by Gasteiger charge is 2.17. The third-order valence-electron chi connectivity index (χ3n) is 4.72. The molecule has 3 aromatic carbocycles. The lowest BCUT2D eigenvalue weighted by molar-refractivity contribution is -0.132. The number of hydrogen-bond donors (Lipinski definition) is 0. The van der Waals surface area contributed by atoms with Crippen LogP contribution in [0.1, 0.15) is 39.9 Å². The Morgan fingerprint density at radius 2 is 1.18 bits per heavy atom. The Labute approximate surface area is 166 Å². The zero-order valence-corrected chi connectivity index (χ0v) is 16.2. The third-order valence-corrected chi connectivity index (χ3v) is 4.72. The average Bonchev–Trinajstić information content (AvgIpc) is 2.73. The molecule has 0 saturated heterocycles. The number of ketones is 1. The summed E-state index contributed by atoms with van der Waals surface area (Å²) in [6, 6.07) is 27.4. The predicted octanol–water partition coefficient (Wildman–Crippen LogP) is 5.19. The molecule has 0 saturated carbocycles. The summed E-state index contributed by atoms with van der Waals surface area (Å²) in [4.78, 5) is 27.2. The second-order valence-electron chi connectivity index (χ2n) is 7.01. The predicted molar refractivity (Wildman–Crippen MR) is 112 cm³/mol. The normalized spacial score (nSPS) is 10.5. The number of rotatable bonds is 8. The maximum absolute atomic E-state index is 12.9. The topological polar surface area (TPSA) is 37.4 Å². The van der Waals surface area contributed by atoms with Crippen LogP contribution in [-0.2, 0) is 17.9 Å². The molecule has 0 atom stereocenters. The second kappa shape index (κ2) is 9.65. The van der Waals surface area contributed by atoms with E-state index in [9.17, 15) is 9.59 Å². The molecule has 3 rings (SSSR count). The number of Topliss-reactive ketones (excluding diaryl/α,β-unsaturated/α-hetero) is 1. The molecule has 0 bridgehead atoms. The summed E-state index contributed by atoms with van der Waals surface area (Å²) >= 11 is 0. The SMILES string of the molecule is Cc1ccc(C(=O)CCC(=O)N(Cc2ccccc2)Cc2ccccc2)cc1. The Bertz CT molecular complexity index is 861. The number of nitrogens with zero attached hydrogens (tertiary/aromatic N) is 1. The Morgan fingerprint density at radius 1 is 0.679 bits per heavy atom. The highest BCUT2D eigenvalue weighted by molar-refractivity contribution is 5.97. The van der Waals surface area contributed by atoms with Gasteiger partial charge in [-0.1, -0.05) is 90.5 Å². The molecule has 3 nitrogen and oxygen atoms in total. The molecular weight excluding hydrogens is 346 g/mol. The van der Waals surface area contributed by atoms with Gasteiger partial charge in [0.05, 0.1) is 0 Å². The van der Waals surface area contributed by atoms with E-state index in [-0.39, 0.29) is 24.5 Å². The number of carbonyl (C=O) groups excluding carboxylic acids is 2. The van der Waals surface area contributed by atoms with Crippen molar-refractivity contribution < 1.29 is 9.59 Å². The molecule has 0 radical (unpaired) electrons. The molecule has 3 aromatic rings. The van der Waals surface area contributed by atoms with E-state index in [0.29, 0.717) is 18.7 Å². The van der Waals surface area contributed by atoms with E-state index in [2.05, 4.69) is 0 Å². The molecule has 0 aliphatic carbocycles. The molecule has 0 fully saturated rings. The lowest BCUT2D eigenvalue weighted by Crippen LogP contribution is -2.30. The van der Waals surface area contributed by atoms with Crippen molar-refractivity contribution in [3.8, 4) is 0 Å². The summed E-state index contributed by atoms with van der Waals surface area (Å²) in [5.74, 6) is 0.000824. The molecule has 142 valence electrons. The van der Waals surface area contributed by atoms with Gasteiger partial charge < -0.3 is 4.90 Å². The zero-order chi connectivity index (χ0) is 19.8. The van der Waals surface area contributed by atoms with Gasteiger partial charge in [0.25, 0.3) is 0 Å². The Balaban J connectivity index is 1.66. The van der Waals surface area contributed by atoms with Gasteiger partial charge in [-0.2, -0.15) is 0 Å². The van der Waals surface area contributed by atoms with Crippen molar-refractivity contribution in [1.82, 2.24) is 4.90 Å². The Kier molecular flexibility index (Phi) is 6.74. The van der Waals surface area contributed by atoms with Crippen molar-refractivity contribution in [3.05, 3.63) is 107 Å². The van der Waals surface area contributed by atoms with Crippen molar-refractivity contribution in [2.75, 3.05) is 0 Å². The first kappa shape index (κ1) is 19.6. The number of aryl methyl sites for hydroxylation is 1. The van der Waals surface area contributed by atoms with E-state index in [1.807, 2.05) is 96.8 Å². The quantitative estimate of drug-likeness (QED) is 0.511. The summed E-state index contributed by atoms with van der Waals surface area (Å²) < 4.78 is 0. The smallest absolute Gasteiger partial charge is 0.223 e. The van der Waals surface area contributed by atoms with Gasteiger partial charge in [0.1, 0.15) is 0 Å². The molecular formula is C25H25NO2. The monoisotopic (exact) mass is 371 g/mol. The lowest BCUT2D eigenvalue weighted by atomic mass is 10.0. The summed E-state index contributed by atoms with van der Waals surface area (Å²) in [6.07, 6.45) is 0.439. The zero-order valence-electron chi connectivity index (χ0n) is 16.2. The molecule has 0 N–H and O–H groups in total. The van der Waals surface area contributed by atoms with Gasteiger partial charge in [-0.25, -0.2) is 0 Å². The number of benzene rings is 3. The first-order valence-corrected chi connectivity index (χ1v) is 9.57. The summed E-state index contributed by atoms with van der Waals surface area (Å²) in [5, 5.41) is 0. The van der Waals surface area contributed by atoms with Crippen LogP contribution < -0.4 is 0 Å². The molecule has 1 amide bonds. The summed E-state index contributed by atoms with van der Waals surface area (Å²) in [5.41, 5.74) is 3.94. The molecule has 0 spiro atoms. The van der Waals surface area contributed by atoms with Crippen molar-refractivity contribution in [3.63, 3.8) is 0 Å². The van der Waals surface area contributed by atoms with E-state index < -0.39 is 0 Å². The minimum absolute atomic E-state index is 0.00633. The van der Waals surface area contributed by atoms with Crippen molar-refractivity contribution in [2.45, 2.75) is 32.9 Å². The van der Waals surface area contributed by atoms with Crippen molar-refractivity contribution >= 4 is 11.7 Å². The number of amides is 1. The fourth-order valence-corrected chi connectivity index (χ4v) is 3.10. The van der Waals surface area contributed by atoms with Crippen LogP contribution in [0.5, 0.6) is 0 Å². The van der Waals surface area contributed by atoms with Gasteiger partial charge in [-0.3, -0.25) is 9.59 Å². The lowest BCUT2D eigenvalue weighted by Gasteiger charge is -2.23. The standard InChI is InChI=1S/C25H25NO2/c1-20-12-14-23(15-13-20)24(27)16-17-25(28)26(18-21-8-4-2-5-9-21)19-22-10-6-3-7-11-22/h2-15H,16-19H2,1H3. The highest BCUT2D eigenvalue weighted by atomic mass is 16.2. The second-order valence-corrected chi connectivity index (χ2v) is 7.01. The van der Waals surface area contributed by atoms with Gasteiger partial charge in [-0.05, 0) is 18.1 Å². The average molecular weight is 371 g/mol. The van der Waals surface area contributed by atoms with Gasteiger partial charge in [0.2, 0.25) is 5.91 Å².